The average molecular weight is 275 g/mol. The molecule has 0 aliphatic carbocycles. The van der Waals surface area contributed by atoms with Crippen molar-refractivity contribution in [1.82, 2.24) is 19.5 Å². The van der Waals surface area contributed by atoms with Gasteiger partial charge in [0.15, 0.2) is 17.7 Å². The first-order valence-electron chi connectivity index (χ1n) is 5.94. The number of aliphatic hydroxyl groups is 2. The lowest BCUT2D eigenvalue weighted by Crippen LogP contribution is -2.25. The van der Waals surface area contributed by atoms with Crippen molar-refractivity contribution >= 4 is 17.0 Å². The standard InChI is InChI=1S/C12H13N5O3/c1-2-6-9(19)7(3-18)20-12(6)17-5-16-8-10(13)14-4-15-11(8)17/h4-5,7,9,12,18-19H,1,3H2,(H2,13,14,15)/t7-,9+,12-/m1/s1. The molecule has 3 rings (SSSR count). The zero-order valence-corrected chi connectivity index (χ0v) is 10.5. The molecule has 1 aliphatic rings. The second kappa shape index (κ2) is 4.69. The van der Waals surface area contributed by atoms with Gasteiger partial charge in [0.05, 0.1) is 18.5 Å². The van der Waals surface area contributed by atoms with E-state index in [2.05, 4.69) is 27.3 Å². The highest BCUT2D eigenvalue weighted by Gasteiger charge is 2.40. The van der Waals surface area contributed by atoms with Crippen LogP contribution in [0.5, 0.6) is 0 Å². The Morgan fingerprint density at radius 3 is 2.95 bits per heavy atom. The third-order valence-electron chi connectivity index (χ3n) is 3.26. The maximum atomic E-state index is 10.0. The van der Waals surface area contributed by atoms with Crippen molar-refractivity contribution in [2.45, 2.75) is 18.4 Å². The second-order valence-electron chi connectivity index (χ2n) is 4.37. The molecule has 0 spiro atoms. The number of aromatic nitrogens is 4. The van der Waals surface area contributed by atoms with Gasteiger partial charge in [-0.25, -0.2) is 15.0 Å². The molecular formula is C12H13N5O3. The minimum Gasteiger partial charge on any atom is -0.394 e. The fourth-order valence-corrected chi connectivity index (χ4v) is 2.25. The molecule has 8 nitrogen and oxygen atoms in total. The Hall–Kier alpha value is -2.25. The number of rotatable bonds is 2. The van der Waals surface area contributed by atoms with Crippen molar-refractivity contribution in [3.8, 4) is 0 Å². The van der Waals surface area contributed by atoms with E-state index in [0.717, 1.165) is 0 Å². The van der Waals surface area contributed by atoms with Gasteiger partial charge in [-0.05, 0) is 0 Å². The third-order valence-corrected chi connectivity index (χ3v) is 3.26. The molecule has 8 heteroatoms. The summed E-state index contributed by atoms with van der Waals surface area (Å²) in [5.74, 6) is 0.259. The van der Waals surface area contributed by atoms with Crippen molar-refractivity contribution in [2.24, 2.45) is 0 Å². The number of aliphatic hydroxyl groups excluding tert-OH is 2. The van der Waals surface area contributed by atoms with Crippen molar-refractivity contribution in [2.75, 3.05) is 12.3 Å². The highest BCUT2D eigenvalue weighted by atomic mass is 16.5. The van der Waals surface area contributed by atoms with E-state index < -0.39 is 18.4 Å². The summed E-state index contributed by atoms with van der Waals surface area (Å²) >= 11 is 0. The second-order valence-corrected chi connectivity index (χ2v) is 4.37. The fourth-order valence-electron chi connectivity index (χ4n) is 2.25. The Balaban J connectivity index is 2.12. The van der Waals surface area contributed by atoms with Crippen molar-refractivity contribution in [3.05, 3.63) is 30.5 Å². The molecule has 0 aromatic carbocycles. The van der Waals surface area contributed by atoms with E-state index in [4.69, 9.17) is 10.5 Å². The van der Waals surface area contributed by atoms with Gasteiger partial charge in [-0.1, -0.05) is 6.58 Å². The first kappa shape index (κ1) is 12.8. The van der Waals surface area contributed by atoms with Gasteiger partial charge in [0, 0.05) is 0 Å². The van der Waals surface area contributed by atoms with Crippen molar-refractivity contribution in [3.63, 3.8) is 0 Å². The molecule has 1 aliphatic heterocycles. The molecule has 3 heterocycles. The van der Waals surface area contributed by atoms with E-state index in [-0.39, 0.29) is 12.4 Å². The lowest BCUT2D eigenvalue weighted by Gasteiger charge is -2.13. The minimum absolute atomic E-state index is 0.259. The van der Waals surface area contributed by atoms with Crippen LogP contribution >= 0.6 is 0 Å². The van der Waals surface area contributed by atoms with E-state index in [1.807, 2.05) is 0 Å². The topological polar surface area (TPSA) is 119 Å². The van der Waals surface area contributed by atoms with Gasteiger partial charge in [-0.2, -0.15) is 0 Å². The van der Waals surface area contributed by atoms with Gasteiger partial charge in [0.2, 0.25) is 0 Å². The van der Waals surface area contributed by atoms with E-state index >= 15 is 0 Å². The van der Waals surface area contributed by atoms with Crippen LogP contribution in [0.25, 0.3) is 11.2 Å². The van der Waals surface area contributed by atoms with Crippen LogP contribution in [0.3, 0.4) is 0 Å². The van der Waals surface area contributed by atoms with Gasteiger partial charge in [-0.3, -0.25) is 4.57 Å². The van der Waals surface area contributed by atoms with Gasteiger partial charge >= 0.3 is 0 Å². The molecular weight excluding hydrogens is 262 g/mol. The molecule has 0 bridgehead atoms. The van der Waals surface area contributed by atoms with Gasteiger partial charge < -0.3 is 20.7 Å². The summed E-state index contributed by atoms with van der Waals surface area (Å²) in [6.45, 7) is 3.23. The zero-order chi connectivity index (χ0) is 14.3. The molecule has 4 N–H and O–H groups in total. The molecule has 104 valence electrons. The van der Waals surface area contributed by atoms with Crippen LogP contribution in [0.2, 0.25) is 0 Å². The van der Waals surface area contributed by atoms with E-state index in [0.29, 0.717) is 16.7 Å². The summed E-state index contributed by atoms with van der Waals surface area (Å²) in [5, 5.41) is 19.2. The molecule has 2 aromatic rings. The number of ether oxygens (including phenoxy) is 1. The molecule has 3 atom stereocenters. The smallest absolute Gasteiger partial charge is 0.169 e. The quantitative estimate of drug-likeness (QED) is 0.624. The summed E-state index contributed by atoms with van der Waals surface area (Å²) in [4.78, 5) is 12.1. The van der Waals surface area contributed by atoms with Gasteiger partial charge in [0.25, 0.3) is 0 Å². The lowest BCUT2D eigenvalue weighted by molar-refractivity contribution is -0.0422. The predicted molar refractivity (Wildman–Crippen MR) is 69.4 cm³/mol. The van der Waals surface area contributed by atoms with Crippen molar-refractivity contribution in [1.29, 1.82) is 0 Å². The number of nitrogens with two attached hydrogens (primary N) is 1. The third kappa shape index (κ3) is 1.71. The monoisotopic (exact) mass is 275 g/mol. The predicted octanol–water partition coefficient (Wildman–Crippen LogP) is -0.630. The summed E-state index contributed by atoms with van der Waals surface area (Å²) < 4.78 is 7.20. The first-order valence-corrected chi connectivity index (χ1v) is 5.94. The summed E-state index contributed by atoms with van der Waals surface area (Å²) in [7, 11) is 0. The maximum Gasteiger partial charge on any atom is 0.169 e. The van der Waals surface area contributed by atoms with Gasteiger partial charge in [0.1, 0.15) is 24.1 Å². The maximum absolute atomic E-state index is 10.0. The molecule has 20 heavy (non-hydrogen) atoms. The largest absolute Gasteiger partial charge is 0.394 e. The summed E-state index contributed by atoms with van der Waals surface area (Å²) in [6, 6.07) is 0. The molecule has 0 amide bonds. The lowest BCUT2D eigenvalue weighted by atomic mass is 10.1. The van der Waals surface area contributed by atoms with Crippen LogP contribution in [0.4, 0.5) is 5.82 Å². The van der Waals surface area contributed by atoms with E-state index in [1.54, 1.807) is 4.57 Å². The molecule has 1 saturated heterocycles. The number of hydrogen-bond acceptors (Lipinski definition) is 7. The zero-order valence-electron chi connectivity index (χ0n) is 10.5. The van der Waals surface area contributed by atoms with E-state index in [9.17, 15) is 10.2 Å². The normalized spacial score (nSPS) is 26.1. The number of nitrogens with zero attached hydrogens (tertiary/aromatic N) is 4. The van der Waals surface area contributed by atoms with Crippen LogP contribution in [-0.4, -0.2) is 48.5 Å². The fraction of sp³-hybridized carbons (Fsp3) is 0.333. The summed E-state index contributed by atoms with van der Waals surface area (Å²) in [5.41, 5.74) is 9.71. The van der Waals surface area contributed by atoms with Gasteiger partial charge in [-0.15, -0.1) is 5.73 Å². The van der Waals surface area contributed by atoms with Crippen LogP contribution in [0.15, 0.2) is 30.5 Å². The molecule has 0 saturated carbocycles. The minimum atomic E-state index is -0.973. The Labute approximate surface area is 113 Å². The SMILES string of the molecule is C=C=C1[C@H](n2cnc3c(N)ncnc32)O[C@H](CO)[C@H]1O. The number of fused-ring (bicyclic) bond motifs is 1. The van der Waals surface area contributed by atoms with Crippen LogP contribution in [0.1, 0.15) is 6.23 Å². The number of nitrogen functional groups attached to an aromatic ring is 1. The van der Waals surface area contributed by atoms with Crippen LogP contribution in [-0.2, 0) is 4.74 Å². The van der Waals surface area contributed by atoms with Crippen LogP contribution < -0.4 is 5.73 Å². The number of anilines is 1. The Bertz CT molecular complexity index is 706. The molecule has 0 unspecified atom stereocenters. The average Bonchev–Trinajstić information content (AvgIpc) is 3.00. The Morgan fingerprint density at radius 1 is 1.45 bits per heavy atom. The molecule has 2 aromatic heterocycles. The Morgan fingerprint density at radius 2 is 2.25 bits per heavy atom. The highest BCUT2D eigenvalue weighted by molar-refractivity contribution is 5.81. The Kier molecular flexibility index (Phi) is 3.00. The van der Waals surface area contributed by atoms with Crippen molar-refractivity contribution < 1.29 is 14.9 Å². The summed E-state index contributed by atoms with van der Waals surface area (Å²) in [6.07, 6.45) is 0.422. The number of hydrogen-bond donors (Lipinski definition) is 3. The van der Waals surface area contributed by atoms with E-state index in [1.165, 1.54) is 12.7 Å². The molecule has 0 radical (unpaired) electrons. The van der Waals surface area contributed by atoms with Crippen LogP contribution in [0, 0.1) is 0 Å². The highest BCUT2D eigenvalue weighted by Crippen LogP contribution is 2.35. The number of imidazole rings is 1. The molecule has 1 fully saturated rings. The first-order chi connectivity index (χ1) is 9.67.